The summed E-state index contributed by atoms with van der Waals surface area (Å²) in [6.45, 7) is 0.0274. The smallest absolute Gasteiger partial charge is 0.486 e. The second-order valence-corrected chi connectivity index (χ2v) is 9.37. The van der Waals surface area contributed by atoms with E-state index in [0.717, 1.165) is 18.4 Å². The Bertz CT molecular complexity index is 1300. The van der Waals surface area contributed by atoms with E-state index in [0.29, 0.717) is 46.0 Å². The zero-order valence-corrected chi connectivity index (χ0v) is 20.0. The normalized spacial score (nSPS) is 17.6. The third-order valence-electron chi connectivity index (χ3n) is 6.35. The van der Waals surface area contributed by atoms with Gasteiger partial charge in [0.2, 0.25) is 0 Å². The Hall–Kier alpha value is -3.32. The number of halogens is 4. The number of hydrogen-bond acceptors (Lipinski definition) is 4. The van der Waals surface area contributed by atoms with Crippen LogP contribution in [-0.2, 0) is 4.79 Å². The number of hydrogen-bond donors (Lipinski definition) is 0. The number of rotatable bonds is 8. The molecular formula is C28H23ClF3NO3. The summed E-state index contributed by atoms with van der Waals surface area (Å²) in [6.07, 6.45) is -1.84. The van der Waals surface area contributed by atoms with Gasteiger partial charge in [-0.2, -0.15) is 0 Å². The van der Waals surface area contributed by atoms with Crippen molar-refractivity contribution in [3.63, 3.8) is 0 Å². The summed E-state index contributed by atoms with van der Waals surface area (Å²) in [5, 5.41) is 0.582. The molecule has 1 aliphatic heterocycles. The zero-order valence-electron chi connectivity index (χ0n) is 19.2. The summed E-state index contributed by atoms with van der Waals surface area (Å²) in [5.74, 6) is 0.449. The number of ether oxygens (including phenoxy) is 2. The lowest BCUT2D eigenvalue weighted by Crippen LogP contribution is -2.19. The quantitative estimate of drug-likeness (QED) is 0.312. The number of nitrogens with zero attached hydrogens (tertiary/aromatic N) is 1. The standard InChI is InChI=1S/C28H23ClF3NO3/c29-23-4-2-1-3-21(23)24-13-14-25(33-24)22-12-9-19(15-27(22)36-28(30,31)32)17-7-10-20(11-8-17)35-16-26(34)18-5-6-18/h1-4,7-12,15,18,24H,5-6,13-14,16H2. The van der Waals surface area contributed by atoms with Crippen LogP contribution in [0.1, 0.15) is 42.9 Å². The Morgan fingerprint density at radius 2 is 1.69 bits per heavy atom. The highest BCUT2D eigenvalue weighted by Crippen LogP contribution is 2.39. The van der Waals surface area contributed by atoms with Gasteiger partial charge in [0.05, 0.1) is 6.04 Å². The maximum Gasteiger partial charge on any atom is 0.573 e. The van der Waals surface area contributed by atoms with Gasteiger partial charge in [-0.15, -0.1) is 13.2 Å². The van der Waals surface area contributed by atoms with Gasteiger partial charge in [-0.3, -0.25) is 9.79 Å². The van der Waals surface area contributed by atoms with Crippen molar-refractivity contribution < 1.29 is 27.4 Å². The van der Waals surface area contributed by atoms with Crippen molar-refractivity contribution in [2.75, 3.05) is 6.61 Å². The monoisotopic (exact) mass is 513 g/mol. The Labute approximate surface area is 211 Å². The fraction of sp³-hybridized carbons (Fsp3) is 0.286. The molecule has 1 atom stereocenters. The van der Waals surface area contributed by atoms with Crippen molar-refractivity contribution in [2.24, 2.45) is 10.9 Å². The molecule has 1 unspecified atom stereocenters. The highest BCUT2D eigenvalue weighted by atomic mass is 35.5. The van der Waals surface area contributed by atoms with Gasteiger partial charge in [0.25, 0.3) is 0 Å². The van der Waals surface area contributed by atoms with Crippen LogP contribution >= 0.6 is 11.6 Å². The zero-order chi connectivity index (χ0) is 25.3. The maximum atomic E-state index is 13.3. The van der Waals surface area contributed by atoms with Crippen LogP contribution < -0.4 is 9.47 Å². The number of carbonyl (C=O) groups excluding carboxylic acids is 1. The summed E-state index contributed by atoms with van der Waals surface area (Å²) >= 11 is 6.30. The van der Waals surface area contributed by atoms with Gasteiger partial charge >= 0.3 is 6.36 Å². The van der Waals surface area contributed by atoms with Crippen LogP contribution in [0.5, 0.6) is 11.5 Å². The van der Waals surface area contributed by atoms with Gasteiger partial charge in [0, 0.05) is 22.2 Å². The topological polar surface area (TPSA) is 47.9 Å². The Morgan fingerprint density at radius 3 is 2.39 bits per heavy atom. The largest absolute Gasteiger partial charge is 0.573 e. The van der Waals surface area contributed by atoms with Crippen molar-refractivity contribution in [1.29, 1.82) is 0 Å². The molecule has 0 spiro atoms. The van der Waals surface area contributed by atoms with E-state index in [1.165, 1.54) is 6.07 Å². The first-order valence-electron chi connectivity index (χ1n) is 11.7. The first-order valence-corrected chi connectivity index (χ1v) is 12.1. The second-order valence-electron chi connectivity index (χ2n) is 8.96. The third-order valence-corrected chi connectivity index (χ3v) is 6.69. The minimum Gasteiger partial charge on any atom is -0.486 e. The van der Waals surface area contributed by atoms with Crippen molar-refractivity contribution in [3.8, 4) is 22.6 Å². The van der Waals surface area contributed by atoms with Crippen molar-refractivity contribution in [2.45, 2.75) is 38.1 Å². The van der Waals surface area contributed by atoms with Crippen LogP contribution in [0, 0.1) is 5.92 Å². The van der Waals surface area contributed by atoms with Crippen LogP contribution in [-0.4, -0.2) is 24.5 Å². The van der Waals surface area contributed by atoms with E-state index >= 15 is 0 Å². The molecule has 0 N–H and O–H groups in total. The van der Waals surface area contributed by atoms with Crippen molar-refractivity contribution in [3.05, 3.63) is 82.9 Å². The van der Waals surface area contributed by atoms with E-state index in [1.807, 2.05) is 18.2 Å². The Kier molecular flexibility index (Phi) is 6.75. The lowest BCUT2D eigenvalue weighted by molar-refractivity contribution is -0.274. The van der Waals surface area contributed by atoms with Gasteiger partial charge in [0.15, 0.2) is 5.78 Å². The minimum absolute atomic E-state index is 0.0274. The van der Waals surface area contributed by atoms with E-state index in [-0.39, 0.29) is 30.1 Å². The highest BCUT2D eigenvalue weighted by molar-refractivity contribution is 6.31. The van der Waals surface area contributed by atoms with E-state index in [2.05, 4.69) is 9.73 Å². The molecule has 0 aromatic heterocycles. The van der Waals surface area contributed by atoms with Crippen LogP contribution in [0.3, 0.4) is 0 Å². The van der Waals surface area contributed by atoms with Gasteiger partial charge in [-0.1, -0.05) is 48.0 Å². The highest BCUT2D eigenvalue weighted by Gasteiger charge is 2.34. The lowest BCUT2D eigenvalue weighted by atomic mass is 9.99. The molecule has 4 nitrogen and oxygen atoms in total. The van der Waals surface area contributed by atoms with E-state index < -0.39 is 6.36 Å². The number of Topliss-reactive ketones (excluding diaryl/α,β-unsaturated/α-hetero) is 1. The lowest BCUT2D eigenvalue weighted by Gasteiger charge is -2.15. The molecule has 3 aromatic carbocycles. The number of benzene rings is 3. The molecule has 0 radical (unpaired) electrons. The Morgan fingerprint density at radius 1 is 0.972 bits per heavy atom. The van der Waals surface area contributed by atoms with E-state index in [4.69, 9.17) is 16.3 Å². The molecule has 2 aliphatic rings. The second kappa shape index (κ2) is 9.97. The van der Waals surface area contributed by atoms with E-state index in [1.54, 1.807) is 42.5 Å². The molecule has 0 amide bonds. The maximum absolute atomic E-state index is 13.3. The summed E-state index contributed by atoms with van der Waals surface area (Å²) in [7, 11) is 0. The number of ketones is 1. The average molecular weight is 514 g/mol. The van der Waals surface area contributed by atoms with Crippen molar-refractivity contribution >= 4 is 23.1 Å². The summed E-state index contributed by atoms with van der Waals surface area (Å²) < 4.78 is 49.8. The molecular weight excluding hydrogens is 491 g/mol. The molecule has 36 heavy (non-hydrogen) atoms. The average Bonchev–Trinajstić information content (AvgIpc) is 3.60. The fourth-order valence-electron chi connectivity index (χ4n) is 4.34. The van der Waals surface area contributed by atoms with E-state index in [9.17, 15) is 18.0 Å². The number of aliphatic imine (C=N–C) groups is 1. The third kappa shape index (κ3) is 5.73. The fourth-order valence-corrected chi connectivity index (χ4v) is 4.60. The first-order chi connectivity index (χ1) is 17.3. The van der Waals surface area contributed by atoms with Gasteiger partial charge in [-0.25, -0.2) is 0 Å². The summed E-state index contributed by atoms with van der Waals surface area (Å²) in [6, 6.07) is 18.7. The molecule has 1 heterocycles. The van der Waals surface area contributed by atoms with Gasteiger partial charge in [-0.05, 0) is 72.7 Å². The molecule has 5 rings (SSSR count). The Balaban J connectivity index is 1.39. The van der Waals surface area contributed by atoms with Gasteiger partial charge < -0.3 is 9.47 Å². The van der Waals surface area contributed by atoms with Gasteiger partial charge in [0.1, 0.15) is 18.1 Å². The molecule has 1 aliphatic carbocycles. The minimum atomic E-state index is -4.85. The molecule has 186 valence electrons. The number of alkyl halides is 3. The molecule has 0 bridgehead atoms. The predicted molar refractivity (Wildman–Crippen MR) is 132 cm³/mol. The summed E-state index contributed by atoms with van der Waals surface area (Å²) in [5.41, 5.74) is 2.96. The summed E-state index contributed by atoms with van der Waals surface area (Å²) in [4.78, 5) is 16.5. The molecule has 8 heteroatoms. The van der Waals surface area contributed by atoms with Crippen LogP contribution in [0.2, 0.25) is 5.02 Å². The van der Waals surface area contributed by atoms with Crippen LogP contribution in [0.15, 0.2) is 71.7 Å². The molecule has 1 fully saturated rings. The predicted octanol–water partition coefficient (Wildman–Crippen LogP) is 7.59. The van der Waals surface area contributed by atoms with Crippen LogP contribution in [0.4, 0.5) is 13.2 Å². The van der Waals surface area contributed by atoms with Crippen molar-refractivity contribution in [1.82, 2.24) is 0 Å². The number of carbonyl (C=O) groups is 1. The SMILES string of the molecule is O=C(COc1ccc(-c2ccc(C3=NC(c4ccccc4Cl)CC3)c(OC(F)(F)F)c2)cc1)C1CC1. The first kappa shape index (κ1) is 24.4. The molecule has 3 aromatic rings. The molecule has 1 saturated carbocycles. The van der Waals surface area contributed by atoms with Crippen LogP contribution in [0.25, 0.3) is 11.1 Å². The molecule has 0 saturated heterocycles.